The fourth-order valence-corrected chi connectivity index (χ4v) is 3.41. The van der Waals surface area contributed by atoms with E-state index in [1.807, 2.05) is 0 Å². The average molecular weight is 297 g/mol. The zero-order valence-electron chi connectivity index (χ0n) is 11.2. The normalized spacial score (nSPS) is 11.3. The molecular weight excluding hydrogens is 282 g/mol. The molecule has 8 heteroatoms. The van der Waals surface area contributed by atoms with Crippen molar-refractivity contribution in [3.8, 4) is 6.07 Å². The van der Waals surface area contributed by atoms with Crippen molar-refractivity contribution in [3.63, 3.8) is 0 Å². The lowest BCUT2D eigenvalue weighted by atomic mass is 10.2. The molecule has 0 radical (unpaired) electrons. The zero-order chi connectivity index (χ0) is 15.3. The van der Waals surface area contributed by atoms with E-state index in [9.17, 15) is 18.5 Å². The Hall–Kier alpha value is -1.98. The van der Waals surface area contributed by atoms with Crippen LogP contribution >= 0.6 is 0 Å². The van der Waals surface area contributed by atoms with E-state index in [4.69, 9.17) is 5.26 Å². The summed E-state index contributed by atoms with van der Waals surface area (Å²) in [6.45, 7) is 3.27. The molecule has 108 valence electrons. The molecule has 20 heavy (non-hydrogen) atoms. The molecule has 1 rings (SSSR count). The Kier molecular flexibility index (Phi) is 5.19. The maximum absolute atomic E-state index is 12.5. The van der Waals surface area contributed by atoms with Crippen LogP contribution in [0.4, 0.5) is 5.69 Å². The Bertz CT molecular complexity index is 649. The average Bonchev–Trinajstić information content (AvgIpc) is 2.38. The van der Waals surface area contributed by atoms with Gasteiger partial charge in [-0.15, -0.1) is 0 Å². The molecule has 0 fully saturated rings. The highest BCUT2D eigenvalue weighted by molar-refractivity contribution is 7.89. The summed E-state index contributed by atoms with van der Waals surface area (Å²) in [6, 6.07) is 5.47. The van der Waals surface area contributed by atoms with E-state index < -0.39 is 14.9 Å². The molecule has 0 saturated carbocycles. The summed E-state index contributed by atoms with van der Waals surface area (Å²) in [6.07, 6.45) is 0.550. The van der Waals surface area contributed by atoms with Crippen molar-refractivity contribution in [2.75, 3.05) is 13.1 Å². The summed E-state index contributed by atoms with van der Waals surface area (Å²) < 4.78 is 25.9. The predicted molar refractivity (Wildman–Crippen MR) is 72.5 cm³/mol. The van der Waals surface area contributed by atoms with Gasteiger partial charge in [0.25, 0.3) is 5.69 Å². The first kappa shape index (κ1) is 16.1. The minimum absolute atomic E-state index is 0.129. The predicted octanol–water partition coefficient (Wildman–Crippen LogP) is 1.83. The number of nitriles is 1. The largest absolute Gasteiger partial charge is 0.270 e. The van der Waals surface area contributed by atoms with Crippen LogP contribution in [0.2, 0.25) is 0 Å². The first-order chi connectivity index (χ1) is 9.34. The zero-order valence-corrected chi connectivity index (χ0v) is 12.1. The lowest BCUT2D eigenvalue weighted by Gasteiger charge is -2.19. The van der Waals surface area contributed by atoms with E-state index in [2.05, 4.69) is 0 Å². The quantitative estimate of drug-likeness (QED) is 0.452. The van der Waals surface area contributed by atoms with E-state index in [-0.39, 0.29) is 23.7 Å². The summed E-state index contributed by atoms with van der Waals surface area (Å²) >= 11 is 0. The van der Waals surface area contributed by atoms with Gasteiger partial charge in [0, 0.05) is 18.7 Å². The smallest absolute Gasteiger partial charge is 0.258 e. The molecule has 0 aliphatic heterocycles. The van der Waals surface area contributed by atoms with E-state index in [1.165, 1.54) is 12.1 Å². The molecule has 0 aliphatic carbocycles. The van der Waals surface area contributed by atoms with Crippen LogP contribution in [-0.2, 0) is 10.0 Å². The van der Waals surface area contributed by atoms with Crippen molar-refractivity contribution in [1.82, 2.24) is 4.31 Å². The highest BCUT2D eigenvalue weighted by Gasteiger charge is 2.27. The molecule has 1 aromatic carbocycles. The van der Waals surface area contributed by atoms with Crippen LogP contribution in [-0.4, -0.2) is 30.7 Å². The van der Waals surface area contributed by atoms with Crippen LogP contribution in [0.5, 0.6) is 0 Å². The Morgan fingerprint density at radius 3 is 2.60 bits per heavy atom. The maximum atomic E-state index is 12.5. The second-order valence-electron chi connectivity index (χ2n) is 4.20. The van der Waals surface area contributed by atoms with Crippen molar-refractivity contribution in [2.24, 2.45) is 0 Å². The third kappa shape index (κ3) is 3.31. The summed E-state index contributed by atoms with van der Waals surface area (Å²) in [5, 5.41) is 19.5. The first-order valence-electron chi connectivity index (χ1n) is 5.96. The molecule has 0 N–H and O–H groups in total. The minimum Gasteiger partial charge on any atom is -0.258 e. The maximum Gasteiger partial charge on any atom is 0.270 e. The van der Waals surface area contributed by atoms with Gasteiger partial charge in [0.05, 0.1) is 15.9 Å². The molecule has 0 spiro atoms. The van der Waals surface area contributed by atoms with Crippen molar-refractivity contribution >= 4 is 15.7 Å². The minimum atomic E-state index is -3.91. The first-order valence-corrected chi connectivity index (χ1v) is 7.40. The van der Waals surface area contributed by atoms with Crippen LogP contribution < -0.4 is 0 Å². The van der Waals surface area contributed by atoms with Crippen LogP contribution in [0.25, 0.3) is 0 Å². The lowest BCUT2D eigenvalue weighted by molar-refractivity contribution is -0.385. The van der Waals surface area contributed by atoms with Gasteiger partial charge in [0.15, 0.2) is 0 Å². The second-order valence-corrected chi connectivity index (χ2v) is 6.11. The lowest BCUT2D eigenvalue weighted by Crippen LogP contribution is -2.32. The number of non-ortho nitro benzene ring substituents is 1. The Morgan fingerprint density at radius 1 is 1.45 bits per heavy atom. The van der Waals surface area contributed by atoms with E-state index in [1.54, 1.807) is 19.9 Å². The van der Waals surface area contributed by atoms with Gasteiger partial charge in [-0.2, -0.15) is 9.57 Å². The molecule has 0 bridgehead atoms. The topological polar surface area (TPSA) is 104 Å². The van der Waals surface area contributed by atoms with Gasteiger partial charge >= 0.3 is 0 Å². The molecular formula is C12H15N3O4S. The number of hydrogen-bond donors (Lipinski definition) is 0. The van der Waals surface area contributed by atoms with Gasteiger partial charge in [-0.1, -0.05) is 13.0 Å². The summed E-state index contributed by atoms with van der Waals surface area (Å²) in [7, 11) is -3.91. The number of rotatable bonds is 6. The number of benzene rings is 1. The highest BCUT2D eigenvalue weighted by atomic mass is 32.2. The van der Waals surface area contributed by atoms with E-state index in [0.717, 1.165) is 10.4 Å². The number of aryl methyl sites for hydroxylation is 1. The standard InChI is InChI=1S/C12H15N3O4S/c1-3-7-14(8-6-13)20(18,19)12-9-11(15(16)17)5-4-10(12)2/h4-5,9H,3,7-8H2,1-2H3. The van der Waals surface area contributed by atoms with Crippen molar-refractivity contribution in [1.29, 1.82) is 5.26 Å². The molecule has 7 nitrogen and oxygen atoms in total. The molecule has 0 heterocycles. The summed E-state index contributed by atoms with van der Waals surface area (Å²) in [5.41, 5.74) is 0.122. The van der Waals surface area contributed by atoms with Crippen LogP contribution in [0.15, 0.2) is 23.1 Å². The van der Waals surface area contributed by atoms with Gasteiger partial charge in [0.1, 0.15) is 6.54 Å². The van der Waals surface area contributed by atoms with Gasteiger partial charge in [-0.3, -0.25) is 10.1 Å². The van der Waals surface area contributed by atoms with Crippen LogP contribution in [0, 0.1) is 28.4 Å². The van der Waals surface area contributed by atoms with Gasteiger partial charge < -0.3 is 0 Å². The number of nitrogens with zero attached hydrogens (tertiary/aromatic N) is 3. The van der Waals surface area contributed by atoms with Gasteiger partial charge in [0.2, 0.25) is 10.0 Å². The van der Waals surface area contributed by atoms with Crippen molar-refractivity contribution in [2.45, 2.75) is 25.2 Å². The number of nitro groups is 1. The third-order valence-electron chi connectivity index (χ3n) is 2.72. The molecule has 1 aromatic rings. The highest BCUT2D eigenvalue weighted by Crippen LogP contribution is 2.24. The SMILES string of the molecule is CCCN(CC#N)S(=O)(=O)c1cc([N+](=O)[O-])ccc1C. The van der Waals surface area contributed by atoms with E-state index in [0.29, 0.717) is 12.0 Å². The molecule has 0 aliphatic rings. The third-order valence-corrected chi connectivity index (χ3v) is 4.71. The fourth-order valence-electron chi connectivity index (χ4n) is 1.73. The van der Waals surface area contributed by atoms with Crippen LogP contribution in [0.1, 0.15) is 18.9 Å². The number of nitro benzene ring substituents is 1. The van der Waals surface area contributed by atoms with Crippen molar-refractivity contribution < 1.29 is 13.3 Å². The Balaban J connectivity index is 3.36. The number of sulfonamides is 1. The molecule has 0 aromatic heterocycles. The van der Waals surface area contributed by atoms with Gasteiger partial charge in [-0.25, -0.2) is 8.42 Å². The fraction of sp³-hybridized carbons (Fsp3) is 0.417. The second kappa shape index (κ2) is 6.45. The molecule has 0 atom stereocenters. The van der Waals surface area contributed by atoms with Gasteiger partial charge in [-0.05, 0) is 18.9 Å². The molecule has 0 saturated heterocycles. The number of hydrogen-bond acceptors (Lipinski definition) is 5. The monoisotopic (exact) mass is 297 g/mol. The Morgan fingerprint density at radius 2 is 2.10 bits per heavy atom. The molecule has 0 unspecified atom stereocenters. The summed E-state index contributed by atoms with van der Waals surface area (Å²) in [5.74, 6) is 0. The summed E-state index contributed by atoms with van der Waals surface area (Å²) in [4.78, 5) is 9.98. The van der Waals surface area contributed by atoms with E-state index >= 15 is 0 Å². The molecule has 0 amide bonds. The van der Waals surface area contributed by atoms with Crippen LogP contribution in [0.3, 0.4) is 0 Å². The Labute approximate surface area is 117 Å². The van der Waals surface area contributed by atoms with Crippen molar-refractivity contribution in [3.05, 3.63) is 33.9 Å².